The minimum atomic E-state index is -0.178. The van der Waals surface area contributed by atoms with Gasteiger partial charge in [-0.25, -0.2) is 10.4 Å². The molecular weight excluding hydrogens is 362 g/mol. The second-order valence-corrected chi connectivity index (χ2v) is 7.24. The van der Waals surface area contributed by atoms with E-state index in [-0.39, 0.29) is 12.3 Å². The molecule has 27 heavy (non-hydrogen) atoms. The number of anilines is 1. The Kier molecular flexibility index (Phi) is 5.17. The highest BCUT2D eigenvalue weighted by Crippen LogP contribution is 2.22. The van der Waals surface area contributed by atoms with E-state index in [1.807, 2.05) is 36.6 Å². The molecule has 2 aromatic heterocycles. The highest BCUT2D eigenvalue weighted by Gasteiger charge is 2.15. The van der Waals surface area contributed by atoms with Crippen LogP contribution in [0.1, 0.15) is 17.0 Å². The molecule has 3 aromatic rings. The minimum absolute atomic E-state index is 0.178. The standard InChI is InChI=1S/C19H21N5O2S/c1-13-16(15-4-2-3-5-17(15)21-13)11-20-23-18(25)10-14-12-27-19(22-14)24-6-8-26-9-7-24/h2-5,11-12,21H,6-10H2,1H3,(H,23,25)/b20-11+. The maximum atomic E-state index is 12.2. The molecule has 1 aliphatic rings. The number of hydrogen-bond donors (Lipinski definition) is 2. The Hall–Kier alpha value is -2.71. The van der Waals surface area contributed by atoms with Crippen molar-refractivity contribution in [2.45, 2.75) is 13.3 Å². The first-order valence-electron chi connectivity index (χ1n) is 8.87. The van der Waals surface area contributed by atoms with Crippen molar-refractivity contribution in [1.29, 1.82) is 0 Å². The van der Waals surface area contributed by atoms with E-state index in [1.54, 1.807) is 17.6 Å². The molecule has 1 aromatic carbocycles. The van der Waals surface area contributed by atoms with Gasteiger partial charge in [0.25, 0.3) is 0 Å². The number of thiazole rings is 1. The predicted molar refractivity (Wildman–Crippen MR) is 108 cm³/mol. The number of hydrazone groups is 1. The lowest BCUT2D eigenvalue weighted by molar-refractivity contribution is -0.120. The van der Waals surface area contributed by atoms with Crippen LogP contribution in [0.15, 0.2) is 34.7 Å². The van der Waals surface area contributed by atoms with Crippen LogP contribution >= 0.6 is 11.3 Å². The highest BCUT2D eigenvalue weighted by atomic mass is 32.1. The van der Waals surface area contributed by atoms with E-state index in [4.69, 9.17) is 4.74 Å². The second-order valence-electron chi connectivity index (χ2n) is 6.40. The lowest BCUT2D eigenvalue weighted by Gasteiger charge is -2.26. The molecule has 1 fully saturated rings. The molecule has 2 N–H and O–H groups in total. The van der Waals surface area contributed by atoms with Crippen molar-refractivity contribution in [3.63, 3.8) is 0 Å². The fraction of sp³-hybridized carbons (Fsp3) is 0.316. The Morgan fingerprint density at radius 3 is 3.07 bits per heavy atom. The minimum Gasteiger partial charge on any atom is -0.378 e. The molecule has 0 atom stereocenters. The second kappa shape index (κ2) is 7.89. The van der Waals surface area contributed by atoms with E-state index in [9.17, 15) is 4.79 Å². The van der Waals surface area contributed by atoms with Gasteiger partial charge >= 0.3 is 0 Å². The monoisotopic (exact) mass is 383 g/mol. The van der Waals surface area contributed by atoms with Crippen LogP contribution in [0.25, 0.3) is 10.9 Å². The molecule has 1 aliphatic heterocycles. The number of nitrogens with one attached hydrogen (secondary N) is 2. The summed E-state index contributed by atoms with van der Waals surface area (Å²) < 4.78 is 5.36. The van der Waals surface area contributed by atoms with Gasteiger partial charge in [0.15, 0.2) is 5.13 Å². The number of morpholine rings is 1. The average Bonchev–Trinajstić information content (AvgIpc) is 3.27. The number of nitrogens with zero attached hydrogens (tertiary/aromatic N) is 3. The quantitative estimate of drug-likeness (QED) is 0.524. The van der Waals surface area contributed by atoms with Crippen molar-refractivity contribution >= 4 is 39.5 Å². The summed E-state index contributed by atoms with van der Waals surface area (Å²) >= 11 is 1.56. The van der Waals surface area contributed by atoms with Crippen LogP contribution in [0.2, 0.25) is 0 Å². The van der Waals surface area contributed by atoms with Crippen LogP contribution < -0.4 is 10.3 Å². The molecule has 1 amide bonds. The van der Waals surface area contributed by atoms with Gasteiger partial charge in [0.1, 0.15) is 0 Å². The molecule has 3 heterocycles. The average molecular weight is 383 g/mol. The van der Waals surface area contributed by atoms with E-state index < -0.39 is 0 Å². The normalized spacial score (nSPS) is 14.9. The lowest BCUT2D eigenvalue weighted by atomic mass is 10.1. The highest BCUT2D eigenvalue weighted by molar-refractivity contribution is 7.13. The van der Waals surface area contributed by atoms with Crippen LogP contribution in [0, 0.1) is 6.92 Å². The topological polar surface area (TPSA) is 82.6 Å². The van der Waals surface area contributed by atoms with Crippen LogP contribution in [0.3, 0.4) is 0 Å². The third-order valence-corrected chi connectivity index (χ3v) is 5.44. The number of carbonyl (C=O) groups is 1. The molecule has 4 rings (SSSR count). The molecule has 0 aliphatic carbocycles. The molecule has 0 radical (unpaired) electrons. The summed E-state index contributed by atoms with van der Waals surface area (Å²) in [7, 11) is 0. The zero-order valence-corrected chi connectivity index (χ0v) is 15.9. The summed E-state index contributed by atoms with van der Waals surface area (Å²) in [5, 5.41) is 8.08. The van der Waals surface area contributed by atoms with Crippen molar-refractivity contribution in [2.75, 3.05) is 31.2 Å². The maximum absolute atomic E-state index is 12.2. The Bertz CT molecular complexity index is 972. The van der Waals surface area contributed by atoms with Gasteiger partial charge in [0.05, 0.1) is 31.5 Å². The zero-order valence-electron chi connectivity index (χ0n) is 15.1. The van der Waals surface area contributed by atoms with Gasteiger partial charge in [-0.15, -0.1) is 11.3 Å². The van der Waals surface area contributed by atoms with E-state index >= 15 is 0 Å². The van der Waals surface area contributed by atoms with E-state index in [1.165, 1.54) is 0 Å². The number of amides is 1. The number of benzene rings is 1. The zero-order chi connectivity index (χ0) is 18.6. The molecule has 0 saturated carbocycles. The number of rotatable bonds is 5. The largest absolute Gasteiger partial charge is 0.378 e. The molecule has 0 bridgehead atoms. The smallest absolute Gasteiger partial charge is 0.246 e. The number of aryl methyl sites for hydroxylation is 1. The summed E-state index contributed by atoms with van der Waals surface area (Å²) in [4.78, 5) is 22.2. The van der Waals surface area contributed by atoms with Gasteiger partial charge in [-0.05, 0) is 13.0 Å². The third-order valence-electron chi connectivity index (χ3n) is 4.49. The third kappa shape index (κ3) is 4.01. The molecular formula is C19H21N5O2S. The van der Waals surface area contributed by atoms with Crippen molar-refractivity contribution in [2.24, 2.45) is 5.10 Å². The number of para-hydroxylation sites is 1. The molecule has 1 saturated heterocycles. The maximum Gasteiger partial charge on any atom is 0.246 e. The Labute approximate surface area is 161 Å². The summed E-state index contributed by atoms with van der Waals surface area (Å²) in [6.07, 6.45) is 1.90. The molecule has 7 nitrogen and oxygen atoms in total. The summed E-state index contributed by atoms with van der Waals surface area (Å²) in [6, 6.07) is 8.02. The van der Waals surface area contributed by atoms with Gasteiger partial charge in [0, 0.05) is 40.6 Å². The van der Waals surface area contributed by atoms with Crippen LogP contribution in [-0.4, -0.2) is 48.4 Å². The van der Waals surface area contributed by atoms with Crippen molar-refractivity contribution in [3.8, 4) is 0 Å². The number of hydrogen-bond acceptors (Lipinski definition) is 6. The number of aromatic amines is 1. The molecule has 0 spiro atoms. The Morgan fingerprint density at radius 1 is 1.41 bits per heavy atom. The fourth-order valence-corrected chi connectivity index (χ4v) is 3.99. The van der Waals surface area contributed by atoms with Crippen molar-refractivity contribution in [3.05, 3.63) is 46.6 Å². The van der Waals surface area contributed by atoms with Gasteiger partial charge in [-0.1, -0.05) is 18.2 Å². The lowest BCUT2D eigenvalue weighted by Crippen LogP contribution is -2.36. The number of fused-ring (bicyclic) bond motifs is 1. The van der Waals surface area contributed by atoms with Gasteiger partial charge < -0.3 is 14.6 Å². The first kappa shape index (κ1) is 17.7. The van der Waals surface area contributed by atoms with E-state index in [0.717, 1.165) is 59.3 Å². The van der Waals surface area contributed by atoms with E-state index in [0.29, 0.717) is 0 Å². The van der Waals surface area contributed by atoms with Crippen LogP contribution in [0.4, 0.5) is 5.13 Å². The molecule has 140 valence electrons. The number of ether oxygens (including phenoxy) is 1. The molecule has 8 heteroatoms. The molecule has 0 unspecified atom stereocenters. The predicted octanol–water partition coefficient (Wildman–Crippen LogP) is 2.46. The summed E-state index contributed by atoms with van der Waals surface area (Å²) in [6.45, 7) is 5.11. The van der Waals surface area contributed by atoms with Crippen LogP contribution in [-0.2, 0) is 16.0 Å². The Balaban J connectivity index is 1.36. The first-order chi connectivity index (χ1) is 13.2. The fourth-order valence-electron chi connectivity index (χ4n) is 3.11. The van der Waals surface area contributed by atoms with Gasteiger partial charge in [-0.2, -0.15) is 5.10 Å². The van der Waals surface area contributed by atoms with Gasteiger partial charge in [-0.3, -0.25) is 4.79 Å². The van der Waals surface area contributed by atoms with Crippen molar-refractivity contribution < 1.29 is 9.53 Å². The SMILES string of the molecule is Cc1[nH]c2ccccc2c1/C=N/NC(=O)Cc1csc(N2CCOCC2)n1. The number of carbonyl (C=O) groups excluding carboxylic acids is 1. The van der Waals surface area contributed by atoms with E-state index in [2.05, 4.69) is 25.4 Å². The summed E-state index contributed by atoms with van der Waals surface area (Å²) in [5.74, 6) is -0.178. The Morgan fingerprint density at radius 2 is 2.22 bits per heavy atom. The number of aromatic nitrogens is 2. The number of H-pyrrole nitrogens is 1. The van der Waals surface area contributed by atoms with Crippen LogP contribution in [0.5, 0.6) is 0 Å². The van der Waals surface area contributed by atoms with Gasteiger partial charge in [0.2, 0.25) is 5.91 Å². The van der Waals surface area contributed by atoms with Crippen molar-refractivity contribution in [1.82, 2.24) is 15.4 Å². The first-order valence-corrected chi connectivity index (χ1v) is 9.75. The summed E-state index contributed by atoms with van der Waals surface area (Å²) in [5.41, 5.74) is 6.41.